The molecule has 0 aliphatic heterocycles. The van der Waals surface area contributed by atoms with Gasteiger partial charge in [0, 0.05) is 5.56 Å². The molecule has 0 aliphatic carbocycles. The van der Waals surface area contributed by atoms with Crippen LogP contribution in [0.25, 0.3) is 0 Å². The van der Waals surface area contributed by atoms with E-state index >= 15 is 0 Å². The topological polar surface area (TPSA) is 26.3 Å². The molecule has 2 aromatic carbocycles. The van der Waals surface area contributed by atoms with E-state index in [-0.39, 0.29) is 12.4 Å². The van der Waals surface area contributed by atoms with Gasteiger partial charge >= 0.3 is 0 Å². The number of carbonyl (C=O) groups excluding carboxylic acids is 1. The Morgan fingerprint density at radius 3 is 2.45 bits per heavy atom. The van der Waals surface area contributed by atoms with Crippen LogP contribution in [-0.4, -0.2) is 12.4 Å². The molecule has 104 valence electrons. The Hall–Kier alpha value is -2.09. The standard InChI is InChI=1S/C18H20O2/c1-13(2)16-10-9-14(3)11-18(16)20-12-17(19)15-7-5-4-6-8-15/h4-11,13H,12H2,1-3H3. The summed E-state index contributed by atoms with van der Waals surface area (Å²) < 4.78 is 5.75. The molecule has 0 radical (unpaired) electrons. The van der Waals surface area contributed by atoms with Crippen LogP contribution in [0.4, 0.5) is 0 Å². The molecule has 2 heteroatoms. The van der Waals surface area contributed by atoms with Crippen molar-refractivity contribution in [1.82, 2.24) is 0 Å². The molecule has 0 aliphatic rings. The Morgan fingerprint density at radius 2 is 1.80 bits per heavy atom. The number of rotatable bonds is 5. The minimum Gasteiger partial charge on any atom is -0.485 e. The van der Waals surface area contributed by atoms with Crippen molar-refractivity contribution >= 4 is 5.78 Å². The summed E-state index contributed by atoms with van der Waals surface area (Å²) in [5, 5.41) is 0. The van der Waals surface area contributed by atoms with E-state index < -0.39 is 0 Å². The van der Waals surface area contributed by atoms with Crippen molar-refractivity contribution in [2.24, 2.45) is 0 Å². The fraction of sp³-hybridized carbons (Fsp3) is 0.278. The second-order valence-corrected chi connectivity index (χ2v) is 5.27. The minimum atomic E-state index is 0.00168. The Morgan fingerprint density at radius 1 is 1.10 bits per heavy atom. The van der Waals surface area contributed by atoms with Crippen molar-refractivity contribution < 1.29 is 9.53 Å². The number of aryl methyl sites for hydroxylation is 1. The minimum absolute atomic E-state index is 0.00168. The molecule has 0 saturated carbocycles. The fourth-order valence-electron chi connectivity index (χ4n) is 2.09. The van der Waals surface area contributed by atoms with Crippen molar-refractivity contribution in [3.8, 4) is 5.75 Å². The van der Waals surface area contributed by atoms with Gasteiger partial charge in [0.15, 0.2) is 12.4 Å². The molecule has 0 spiro atoms. The lowest BCUT2D eigenvalue weighted by Gasteiger charge is -2.14. The number of hydrogen-bond donors (Lipinski definition) is 0. The summed E-state index contributed by atoms with van der Waals surface area (Å²) >= 11 is 0. The third kappa shape index (κ3) is 3.47. The van der Waals surface area contributed by atoms with Crippen molar-refractivity contribution in [3.05, 3.63) is 65.2 Å². The Balaban J connectivity index is 2.11. The summed E-state index contributed by atoms with van der Waals surface area (Å²) in [5.74, 6) is 1.18. The van der Waals surface area contributed by atoms with Gasteiger partial charge in [-0.15, -0.1) is 0 Å². The lowest BCUT2D eigenvalue weighted by Crippen LogP contribution is -2.12. The third-order valence-electron chi connectivity index (χ3n) is 3.25. The molecule has 2 nitrogen and oxygen atoms in total. The molecule has 0 saturated heterocycles. The first kappa shape index (κ1) is 14.3. The summed E-state index contributed by atoms with van der Waals surface area (Å²) in [6, 6.07) is 15.4. The Labute approximate surface area is 120 Å². The molecular formula is C18H20O2. The second kappa shape index (κ2) is 6.38. The van der Waals surface area contributed by atoms with Crippen molar-refractivity contribution in [2.45, 2.75) is 26.7 Å². The van der Waals surface area contributed by atoms with E-state index in [9.17, 15) is 4.79 Å². The number of ether oxygens (including phenoxy) is 1. The molecule has 0 unspecified atom stereocenters. The van der Waals surface area contributed by atoms with Gasteiger partial charge in [-0.3, -0.25) is 4.79 Å². The molecule has 0 N–H and O–H groups in total. The summed E-state index contributed by atoms with van der Waals surface area (Å²) in [6.45, 7) is 6.34. The van der Waals surface area contributed by atoms with Gasteiger partial charge in [0.25, 0.3) is 0 Å². The molecule has 0 bridgehead atoms. The molecule has 2 aromatic rings. The van der Waals surface area contributed by atoms with Crippen LogP contribution < -0.4 is 4.74 Å². The number of benzene rings is 2. The first-order valence-electron chi connectivity index (χ1n) is 6.89. The lowest BCUT2D eigenvalue weighted by atomic mass is 10.0. The maximum Gasteiger partial charge on any atom is 0.200 e. The van der Waals surface area contributed by atoms with Crippen LogP contribution in [0.15, 0.2) is 48.5 Å². The fourth-order valence-corrected chi connectivity index (χ4v) is 2.09. The monoisotopic (exact) mass is 268 g/mol. The molecule has 0 heterocycles. The highest BCUT2D eigenvalue weighted by molar-refractivity contribution is 5.97. The van der Waals surface area contributed by atoms with Crippen LogP contribution in [0.2, 0.25) is 0 Å². The van der Waals surface area contributed by atoms with Crippen molar-refractivity contribution in [2.75, 3.05) is 6.61 Å². The van der Waals surface area contributed by atoms with E-state index in [0.29, 0.717) is 11.5 Å². The summed E-state index contributed by atoms with van der Waals surface area (Å²) in [4.78, 5) is 12.1. The Kier molecular flexibility index (Phi) is 4.57. The van der Waals surface area contributed by atoms with Crippen molar-refractivity contribution in [1.29, 1.82) is 0 Å². The highest BCUT2D eigenvalue weighted by Crippen LogP contribution is 2.27. The summed E-state index contributed by atoms with van der Waals surface area (Å²) in [5.41, 5.74) is 2.96. The summed E-state index contributed by atoms with van der Waals surface area (Å²) in [7, 11) is 0. The molecule has 0 atom stereocenters. The van der Waals surface area contributed by atoms with E-state index in [4.69, 9.17) is 4.74 Å². The lowest BCUT2D eigenvalue weighted by molar-refractivity contribution is 0.0920. The quantitative estimate of drug-likeness (QED) is 0.752. The van der Waals surface area contributed by atoms with Gasteiger partial charge in [-0.05, 0) is 30.0 Å². The highest BCUT2D eigenvalue weighted by atomic mass is 16.5. The van der Waals surface area contributed by atoms with Gasteiger partial charge < -0.3 is 4.74 Å². The third-order valence-corrected chi connectivity index (χ3v) is 3.25. The van der Waals surface area contributed by atoms with Crippen LogP contribution in [0.5, 0.6) is 5.75 Å². The zero-order valence-electron chi connectivity index (χ0n) is 12.2. The normalized spacial score (nSPS) is 10.6. The maximum absolute atomic E-state index is 12.1. The molecular weight excluding hydrogens is 248 g/mol. The molecule has 2 rings (SSSR count). The largest absolute Gasteiger partial charge is 0.485 e. The zero-order chi connectivity index (χ0) is 14.5. The molecule has 0 amide bonds. The number of carbonyl (C=O) groups is 1. The Bertz CT molecular complexity index is 586. The van der Waals surface area contributed by atoms with E-state index in [1.54, 1.807) is 0 Å². The van der Waals surface area contributed by atoms with Gasteiger partial charge in [0.1, 0.15) is 5.75 Å². The van der Waals surface area contributed by atoms with E-state index in [2.05, 4.69) is 26.0 Å². The van der Waals surface area contributed by atoms with Gasteiger partial charge in [-0.1, -0.05) is 56.3 Å². The maximum atomic E-state index is 12.1. The van der Waals surface area contributed by atoms with Gasteiger partial charge in [0.2, 0.25) is 0 Å². The van der Waals surface area contributed by atoms with E-state index in [1.165, 1.54) is 0 Å². The molecule has 0 fully saturated rings. The number of ketones is 1. The first-order chi connectivity index (χ1) is 9.58. The number of hydrogen-bond acceptors (Lipinski definition) is 2. The highest BCUT2D eigenvalue weighted by Gasteiger charge is 2.11. The van der Waals surface area contributed by atoms with Gasteiger partial charge in [0.05, 0.1) is 0 Å². The van der Waals surface area contributed by atoms with Crippen LogP contribution in [-0.2, 0) is 0 Å². The number of Topliss-reactive ketones (excluding diaryl/α,β-unsaturated/α-hetero) is 1. The van der Waals surface area contributed by atoms with Gasteiger partial charge in [-0.25, -0.2) is 0 Å². The molecule has 0 aromatic heterocycles. The second-order valence-electron chi connectivity index (χ2n) is 5.27. The predicted octanol–water partition coefficient (Wildman–Crippen LogP) is 4.38. The summed E-state index contributed by atoms with van der Waals surface area (Å²) in [6.07, 6.45) is 0. The molecule has 20 heavy (non-hydrogen) atoms. The van der Waals surface area contributed by atoms with Gasteiger partial charge in [-0.2, -0.15) is 0 Å². The van der Waals surface area contributed by atoms with Crippen LogP contribution in [0.1, 0.15) is 41.3 Å². The predicted molar refractivity (Wildman–Crippen MR) is 81.5 cm³/mol. The average molecular weight is 268 g/mol. The first-order valence-corrected chi connectivity index (χ1v) is 6.89. The van der Waals surface area contributed by atoms with Crippen LogP contribution >= 0.6 is 0 Å². The smallest absolute Gasteiger partial charge is 0.200 e. The van der Waals surface area contributed by atoms with E-state index in [0.717, 1.165) is 16.9 Å². The average Bonchev–Trinajstić information content (AvgIpc) is 2.45. The SMILES string of the molecule is Cc1ccc(C(C)C)c(OCC(=O)c2ccccc2)c1. The van der Waals surface area contributed by atoms with Crippen LogP contribution in [0.3, 0.4) is 0 Å². The van der Waals surface area contributed by atoms with Crippen molar-refractivity contribution in [3.63, 3.8) is 0 Å². The zero-order valence-corrected chi connectivity index (χ0v) is 12.2. The van der Waals surface area contributed by atoms with Crippen LogP contribution in [0, 0.1) is 6.92 Å². The van der Waals surface area contributed by atoms with E-state index in [1.807, 2.05) is 43.3 Å².